The van der Waals surface area contributed by atoms with Gasteiger partial charge in [0, 0.05) is 18.8 Å². The lowest BCUT2D eigenvalue weighted by molar-refractivity contribution is -0.118. The van der Waals surface area contributed by atoms with Crippen LogP contribution in [-0.4, -0.2) is 37.3 Å². The summed E-state index contributed by atoms with van der Waals surface area (Å²) in [4.78, 5) is 12.2. The maximum absolute atomic E-state index is 12.9. The highest BCUT2D eigenvalue weighted by Gasteiger charge is 2.46. The summed E-state index contributed by atoms with van der Waals surface area (Å²) >= 11 is 0. The standard InChI is InChI=1S/C17H25N3O3S/c1-20(14-7-3-2-4-8-14)24(22,23)15-9-5-6-13(12-15)19-16(21)17(18)10-11-17/h5-6,9,12,14H,2-4,7-8,10-11,18H2,1H3,(H,19,21). The zero-order valence-electron chi connectivity index (χ0n) is 14.0. The van der Waals surface area contributed by atoms with E-state index in [1.807, 2.05) is 0 Å². The van der Waals surface area contributed by atoms with Crippen LogP contribution in [0.2, 0.25) is 0 Å². The summed E-state index contributed by atoms with van der Waals surface area (Å²) in [5.74, 6) is -0.252. The van der Waals surface area contributed by atoms with E-state index in [9.17, 15) is 13.2 Å². The van der Waals surface area contributed by atoms with Gasteiger partial charge in [0.05, 0.1) is 10.4 Å². The molecule has 2 saturated carbocycles. The van der Waals surface area contributed by atoms with Gasteiger partial charge in [0.1, 0.15) is 0 Å². The van der Waals surface area contributed by atoms with Gasteiger partial charge in [0.15, 0.2) is 0 Å². The maximum atomic E-state index is 12.9. The van der Waals surface area contributed by atoms with Crippen molar-refractivity contribution >= 4 is 21.6 Å². The molecule has 0 aliphatic heterocycles. The van der Waals surface area contributed by atoms with E-state index in [1.165, 1.54) is 16.8 Å². The molecule has 2 aliphatic rings. The molecular weight excluding hydrogens is 326 g/mol. The molecule has 0 unspecified atom stereocenters. The van der Waals surface area contributed by atoms with Crippen LogP contribution in [0.4, 0.5) is 5.69 Å². The molecule has 2 aliphatic carbocycles. The maximum Gasteiger partial charge on any atom is 0.244 e. The summed E-state index contributed by atoms with van der Waals surface area (Å²) in [7, 11) is -1.92. The second-order valence-corrected chi connectivity index (χ2v) is 8.95. The lowest BCUT2D eigenvalue weighted by Gasteiger charge is -2.30. The van der Waals surface area contributed by atoms with Gasteiger partial charge in [-0.1, -0.05) is 25.3 Å². The Morgan fingerprint density at radius 1 is 1.25 bits per heavy atom. The highest BCUT2D eigenvalue weighted by atomic mass is 32.2. The van der Waals surface area contributed by atoms with E-state index in [0.717, 1.165) is 25.7 Å². The van der Waals surface area contributed by atoms with Crippen LogP contribution in [0.15, 0.2) is 29.2 Å². The van der Waals surface area contributed by atoms with Crippen molar-refractivity contribution in [3.05, 3.63) is 24.3 Å². The minimum atomic E-state index is -3.57. The molecule has 0 spiro atoms. The molecule has 0 heterocycles. The fourth-order valence-electron chi connectivity index (χ4n) is 3.16. The number of nitrogens with zero attached hydrogens (tertiary/aromatic N) is 1. The fraction of sp³-hybridized carbons (Fsp3) is 0.588. The van der Waals surface area contributed by atoms with Gasteiger partial charge in [-0.15, -0.1) is 0 Å². The van der Waals surface area contributed by atoms with E-state index < -0.39 is 15.6 Å². The first-order valence-electron chi connectivity index (χ1n) is 8.51. The van der Waals surface area contributed by atoms with Crippen molar-refractivity contribution in [2.75, 3.05) is 12.4 Å². The molecule has 3 N–H and O–H groups in total. The number of carbonyl (C=O) groups excluding carboxylic acids is 1. The quantitative estimate of drug-likeness (QED) is 0.849. The third-order valence-electron chi connectivity index (χ3n) is 5.10. The molecule has 1 amide bonds. The van der Waals surface area contributed by atoms with Crippen molar-refractivity contribution in [2.45, 2.75) is 61.4 Å². The van der Waals surface area contributed by atoms with Crippen molar-refractivity contribution in [1.29, 1.82) is 0 Å². The molecule has 0 aromatic heterocycles. The SMILES string of the molecule is CN(C1CCCCC1)S(=O)(=O)c1cccc(NC(=O)C2(N)CC2)c1. The molecule has 24 heavy (non-hydrogen) atoms. The number of anilines is 1. The molecule has 2 fully saturated rings. The van der Waals surface area contributed by atoms with Crippen molar-refractivity contribution in [3.8, 4) is 0 Å². The van der Waals surface area contributed by atoms with E-state index in [1.54, 1.807) is 25.2 Å². The molecule has 7 heteroatoms. The Labute approximate surface area is 143 Å². The third kappa shape index (κ3) is 3.48. The van der Waals surface area contributed by atoms with Crippen LogP contribution in [0.1, 0.15) is 44.9 Å². The topological polar surface area (TPSA) is 92.5 Å². The van der Waals surface area contributed by atoms with Crippen LogP contribution < -0.4 is 11.1 Å². The van der Waals surface area contributed by atoms with Crippen LogP contribution in [-0.2, 0) is 14.8 Å². The highest BCUT2D eigenvalue weighted by molar-refractivity contribution is 7.89. The number of hydrogen-bond acceptors (Lipinski definition) is 4. The van der Waals surface area contributed by atoms with Crippen LogP contribution >= 0.6 is 0 Å². The summed E-state index contributed by atoms with van der Waals surface area (Å²) in [6, 6.07) is 6.47. The van der Waals surface area contributed by atoms with Crippen LogP contribution in [0.5, 0.6) is 0 Å². The van der Waals surface area contributed by atoms with E-state index in [4.69, 9.17) is 5.73 Å². The number of amides is 1. The second kappa shape index (κ2) is 6.46. The Balaban J connectivity index is 1.77. The number of rotatable bonds is 5. The Hall–Kier alpha value is -1.44. The lowest BCUT2D eigenvalue weighted by Crippen LogP contribution is -2.38. The third-order valence-corrected chi connectivity index (χ3v) is 7.00. The van der Waals surface area contributed by atoms with Gasteiger partial charge in [-0.3, -0.25) is 4.79 Å². The molecule has 6 nitrogen and oxygen atoms in total. The zero-order valence-corrected chi connectivity index (χ0v) is 14.8. The Bertz CT molecular complexity index is 722. The predicted molar refractivity (Wildman–Crippen MR) is 93.0 cm³/mol. The number of benzene rings is 1. The number of hydrogen-bond donors (Lipinski definition) is 2. The Morgan fingerprint density at radius 3 is 2.54 bits per heavy atom. The van der Waals surface area contributed by atoms with Crippen molar-refractivity contribution in [3.63, 3.8) is 0 Å². The predicted octanol–water partition coefficient (Wildman–Crippen LogP) is 2.07. The average Bonchev–Trinajstić information content (AvgIpc) is 3.34. The molecule has 1 aromatic rings. The van der Waals surface area contributed by atoms with Crippen LogP contribution in [0.3, 0.4) is 0 Å². The molecular formula is C17H25N3O3S. The van der Waals surface area contributed by atoms with Crippen molar-refractivity contribution < 1.29 is 13.2 Å². The normalized spacial score (nSPS) is 20.8. The summed E-state index contributed by atoms with van der Waals surface area (Å²) in [5, 5.41) is 2.73. The van der Waals surface area contributed by atoms with Crippen molar-refractivity contribution in [1.82, 2.24) is 4.31 Å². The zero-order chi connectivity index (χ0) is 17.4. The molecule has 0 bridgehead atoms. The van der Waals surface area contributed by atoms with Crippen LogP contribution in [0, 0.1) is 0 Å². The fourth-order valence-corrected chi connectivity index (χ4v) is 4.62. The van der Waals surface area contributed by atoms with Gasteiger partial charge in [-0.25, -0.2) is 8.42 Å². The van der Waals surface area contributed by atoms with E-state index in [0.29, 0.717) is 18.5 Å². The number of nitrogens with two attached hydrogens (primary N) is 1. The van der Waals surface area contributed by atoms with E-state index in [2.05, 4.69) is 5.32 Å². The van der Waals surface area contributed by atoms with Crippen LogP contribution in [0.25, 0.3) is 0 Å². The largest absolute Gasteiger partial charge is 0.324 e. The molecule has 1 aromatic carbocycles. The number of nitrogens with one attached hydrogen (secondary N) is 1. The Kier molecular flexibility index (Phi) is 4.68. The minimum Gasteiger partial charge on any atom is -0.324 e. The minimum absolute atomic E-state index is 0.0563. The smallest absolute Gasteiger partial charge is 0.244 e. The number of sulfonamides is 1. The van der Waals surface area contributed by atoms with Gasteiger partial charge in [-0.2, -0.15) is 4.31 Å². The van der Waals surface area contributed by atoms with E-state index >= 15 is 0 Å². The summed E-state index contributed by atoms with van der Waals surface area (Å²) in [5.41, 5.74) is 5.55. The summed E-state index contributed by atoms with van der Waals surface area (Å²) in [6.45, 7) is 0. The molecule has 0 saturated heterocycles. The molecule has 0 atom stereocenters. The average molecular weight is 351 g/mol. The van der Waals surface area contributed by atoms with Gasteiger partial charge in [-0.05, 0) is 43.9 Å². The second-order valence-electron chi connectivity index (χ2n) is 6.95. The van der Waals surface area contributed by atoms with Crippen molar-refractivity contribution in [2.24, 2.45) is 5.73 Å². The summed E-state index contributed by atoms with van der Waals surface area (Å²) < 4.78 is 27.2. The van der Waals surface area contributed by atoms with Gasteiger partial charge >= 0.3 is 0 Å². The Morgan fingerprint density at radius 2 is 1.92 bits per heavy atom. The summed E-state index contributed by atoms with van der Waals surface area (Å²) in [6.07, 6.45) is 6.46. The molecule has 3 rings (SSSR count). The molecule has 0 radical (unpaired) electrons. The van der Waals surface area contributed by atoms with Gasteiger partial charge in [0.2, 0.25) is 15.9 Å². The first-order valence-corrected chi connectivity index (χ1v) is 9.95. The van der Waals surface area contributed by atoms with Gasteiger partial charge < -0.3 is 11.1 Å². The monoisotopic (exact) mass is 351 g/mol. The lowest BCUT2D eigenvalue weighted by atomic mass is 9.96. The van der Waals surface area contributed by atoms with E-state index in [-0.39, 0.29) is 16.8 Å². The highest BCUT2D eigenvalue weighted by Crippen LogP contribution is 2.33. The first kappa shape index (κ1) is 17.4. The van der Waals surface area contributed by atoms with Gasteiger partial charge in [0.25, 0.3) is 0 Å². The first-order chi connectivity index (χ1) is 11.3. The number of carbonyl (C=O) groups is 1. The molecule has 132 valence electrons.